The Morgan fingerprint density at radius 3 is 1.08 bits per heavy atom. The van der Waals surface area contributed by atoms with E-state index in [9.17, 15) is 0 Å². The van der Waals surface area contributed by atoms with Crippen LogP contribution in [0.4, 0.5) is 0 Å². The summed E-state index contributed by atoms with van der Waals surface area (Å²) >= 11 is 0. The van der Waals surface area contributed by atoms with Crippen molar-refractivity contribution < 1.29 is 0 Å². The van der Waals surface area contributed by atoms with E-state index in [0.717, 1.165) is 0 Å². The van der Waals surface area contributed by atoms with E-state index in [1.54, 1.807) is 0 Å². The predicted octanol–water partition coefficient (Wildman–Crippen LogP) is 11.6. The molecule has 0 radical (unpaired) electrons. The van der Waals surface area contributed by atoms with E-state index >= 15 is 0 Å². The monoisotopic (exact) mass is 505 g/mol. The van der Waals surface area contributed by atoms with Gasteiger partial charge in [-0.1, -0.05) is 162 Å². The molecule has 0 saturated heterocycles. The van der Waals surface area contributed by atoms with Gasteiger partial charge in [0.25, 0.3) is 0 Å². The second-order valence-corrected chi connectivity index (χ2v) is 11.8. The minimum Gasteiger partial charge on any atom is -0.356 e. The first-order chi connectivity index (χ1) is 17.8. The minimum absolute atomic E-state index is 0.640. The van der Waals surface area contributed by atoms with Crippen LogP contribution in [0.1, 0.15) is 188 Å². The first-order valence-corrected chi connectivity index (χ1v) is 17.0. The molecule has 2 heteroatoms. The molecule has 0 fully saturated rings. The van der Waals surface area contributed by atoms with Crippen molar-refractivity contribution >= 4 is 0 Å². The van der Waals surface area contributed by atoms with E-state index in [2.05, 4.69) is 43.0 Å². The number of nitrogens with zero attached hydrogens (tertiary/aromatic N) is 2. The van der Waals surface area contributed by atoms with Crippen LogP contribution in [0.5, 0.6) is 0 Å². The van der Waals surface area contributed by atoms with Crippen molar-refractivity contribution in [3.05, 3.63) is 12.4 Å². The van der Waals surface area contributed by atoms with E-state index in [4.69, 9.17) is 0 Å². The molecule has 1 unspecified atom stereocenters. The van der Waals surface area contributed by atoms with Crippen molar-refractivity contribution in [1.82, 2.24) is 9.80 Å². The third-order valence-corrected chi connectivity index (χ3v) is 8.28. The van der Waals surface area contributed by atoms with Crippen molar-refractivity contribution in [3.63, 3.8) is 0 Å². The van der Waals surface area contributed by atoms with Crippen LogP contribution in [-0.4, -0.2) is 29.1 Å². The van der Waals surface area contributed by atoms with Crippen molar-refractivity contribution in [2.45, 2.75) is 194 Å². The summed E-state index contributed by atoms with van der Waals surface area (Å²) in [5.41, 5.74) is 0. The summed E-state index contributed by atoms with van der Waals surface area (Å²) in [6.45, 7) is 9.41. The molecule has 1 aliphatic heterocycles. The molecule has 0 aliphatic carbocycles. The topological polar surface area (TPSA) is 6.48 Å². The third-order valence-electron chi connectivity index (χ3n) is 8.28. The molecule has 2 nitrogen and oxygen atoms in total. The maximum Gasteiger partial charge on any atom is 0.101 e. The lowest BCUT2D eigenvalue weighted by molar-refractivity contribution is 0.137. The highest BCUT2D eigenvalue weighted by molar-refractivity contribution is 4.96. The zero-order valence-electron chi connectivity index (χ0n) is 25.4. The molecule has 1 heterocycles. The average molecular weight is 505 g/mol. The Balaban J connectivity index is 1.98. The lowest BCUT2D eigenvalue weighted by Crippen LogP contribution is -2.39. The Hall–Kier alpha value is -0.660. The van der Waals surface area contributed by atoms with Gasteiger partial charge in [-0.15, -0.1) is 0 Å². The highest BCUT2D eigenvalue weighted by Crippen LogP contribution is 2.23. The summed E-state index contributed by atoms with van der Waals surface area (Å²) in [5, 5.41) is 0. The van der Waals surface area contributed by atoms with E-state index in [0.29, 0.717) is 6.17 Å². The van der Waals surface area contributed by atoms with Gasteiger partial charge in [0, 0.05) is 25.5 Å². The van der Waals surface area contributed by atoms with E-state index in [-0.39, 0.29) is 0 Å². The molecule has 1 aliphatic rings. The summed E-state index contributed by atoms with van der Waals surface area (Å²) in [6.07, 6.45) is 42.6. The maximum atomic E-state index is 2.67. The summed E-state index contributed by atoms with van der Waals surface area (Å²) in [5.74, 6) is 0. The molecule has 0 bridgehead atoms. The van der Waals surface area contributed by atoms with Crippen molar-refractivity contribution in [1.29, 1.82) is 0 Å². The van der Waals surface area contributed by atoms with Gasteiger partial charge in [0.15, 0.2) is 0 Å². The van der Waals surface area contributed by atoms with Crippen LogP contribution in [0.2, 0.25) is 0 Å². The van der Waals surface area contributed by atoms with E-state index in [1.807, 2.05) is 0 Å². The summed E-state index contributed by atoms with van der Waals surface area (Å²) in [7, 11) is 0. The van der Waals surface area contributed by atoms with Gasteiger partial charge in [-0.05, 0) is 25.7 Å². The van der Waals surface area contributed by atoms with Crippen LogP contribution in [0.15, 0.2) is 12.4 Å². The zero-order valence-corrected chi connectivity index (χ0v) is 25.4. The molecule has 36 heavy (non-hydrogen) atoms. The molecule has 1 rings (SSSR count). The largest absolute Gasteiger partial charge is 0.356 e. The van der Waals surface area contributed by atoms with Crippen molar-refractivity contribution in [3.8, 4) is 0 Å². The van der Waals surface area contributed by atoms with Crippen LogP contribution in [0.3, 0.4) is 0 Å². The van der Waals surface area contributed by atoms with Crippen LogP contribution >= 0.6 is 0 Å². The fraction of sp³-hybridized carbons (Fsp3) is 0.941. The normalized spacial score (nSPS) is 15.5. The molecule has 1 atom stereocenters. The van der Waals surface area contributed by atoms with Gasteiger partial charge in [-0.3, -0.25) is 0 Å². The lowest BCUT2D eigenvalue weighted by Gasteiger charge is -2.33. The van der Waals surface area contributed by atoms with Gasteiger partial charge >= 0.3 is 0 Å². The molecule has 0 N–H and O–H groups in total. The Morgan fingerprint density at radius 2 is 0.694 bits per heavy atom. The molecule has 0 aromatic rings. The maximum absolute atomic E-state index is 2.67. The Labute approximate surface area is 229 Å². The average Bonchev–Trinajstić information content (AvgIpc) is 3.26. The summed E-state index contributed by atoms with van der Waals surface area (Å²) in [4.78, 5) is 5.29. The van der Waals surface area contributed by atoms with Crippen LogP contribution in [-0.2, 0) is 0 Å². The number of rotatable bonds is 28. The zero-order chi connectivity index (χ0) is 25.9. The second kappa shape index (κ2) is 26.0. The van der Waals surface area contributed by atoms with Gasteiger partial charge < -0.3 is 9.80 Å². The van der Waals surface area contributed by atoms with Gasteiger partial charge in [0.2, 0.25) is 0 Å². The molecule has 214 valence electrons. The highest BCUT2D eigenvalue weighted by atomic mass is 15.4. The van der Waals surface area contributed by atoms with Crippen LogP contribution < -0.4 is 0 Å². The fourth-order valence-corrected chi connectivity index (χ4v) is 5.90. The van der Waals surface area contributed by atoms with Gasteiger partial charge in [-0.2, -0.15) is 0 Å². The summed E-state index contributed by atoms with van der Waals surface area (Å²) in [6, 6.07) is 0. The van der Waals surface area contributed by atoms with Crippen LogP contribution in [0, 0.1) is 0 Å². The Kier molecular flexibility index (Phi) is 24.1. The number of hydrogen-bond donors (Lipinski definition) is 0. The van der Waals surface area contributed by atoms with Gasteiger partial charge in [0.05, 0.1) is 0 Å². The Morgan fingerprint density at radius 1 is 0.361 bits per heavy atom. The highest BCUT2D eigenvalue weighted by Gasteiger charge is 2.24. The molecule has 0 spiro atoms. The fourth-order valence-electron chi connectivity index (χ4n) is 5.90. The quantitative estimate of drug-likeness (QED) is 0.0977. The first kappa shape index (κ1) is 33.4. The van der Waals surface area contributed by atoms with E-state index < -0.39 is 0 Å². The SMILES string of the molecule is CCCCCCCCCCCCCCCCCCN1C=CN(CCC)C1CCCCCCCCCC. The second-order valence-electron chi connectivity index (χ2n) is 11.8. The number of unbranched alkanes of at least 4 members (excludes halogenated alkanes) is 22. The third kappa shape index (κ3) is 18.6. The molecule has 0 saturated carbocycles. The number of hydrogen-bond acceptors (Lipinski definition) is 2. The minimum atomic E-state index is 0.640. The van der Waals surface area contributed by atoms with Crippen molar-refractivity contribution in [2.75, 3.05) is 13.1 Å². The Bertz CT molecular complexity index is 460. The predicted molar refractivity (Wildman–Crippen MR) is 163 cm³/mol. The molecule has 0 aromatic heterocycles. The molecular formula is C34H68N2. The smallest absolute Gasteiger partial charge is 0.101 e. The summed E-state index contributed by atoms with van der Waals surface area (Å²) < 4.78 is 0. The van der Waals surface area contributed by atoms with Crippen LogP contribution in [0.25, 0.3) is 0 Å². The molecule has 0 amide bonds. The van der Waals surface area contributed by atoms with Crippen molar-refractivity contribution in [2.24, 2.45) is 0 Å². The first-order valence-electron chi connectivity index (χ1n) is 17.0. The molecule has 0 aromatic carbocycles. The molecular weight excluding hydrogens is 436 g/mol. The van der Waals surface area contributed by atoms with Gasteiger partial charge in [0.1, 0.15) is 6.17 Å². The van der Waals surface area contributed by atoms with E-state index in [1.165, 1.54) is 180 Å². The standard InChI is InChI=1S/C34H68N2/c1-4-7-9-11-13-15-16-17-18-19-20-21-22-24-26-28-31-36-33-32-35(30-6-3)34(36)29-27-25-23-14-12-10-8-5-2/h32-34H,4-31H2,1-3H3. The van der Waals surface area contributed by atoms with Gasteiger partial charge in [-0.25, -0.2) is 0 Å². The lowest BCUT2D eigenvalue weighted by atomic mass is 10.0.